The molecule has 1 aliphatic carbocycles. The molecule has 0 unspecified atom stereocenters. The topological polar surface area (TPSA) is 67.1 Å². The molecule has 2 bridgehead atoms. The van der Waals surface area contributed by atoms with Gasteiger partial charge in [0.1, 0.15) is 16.7 Å². The maximum Gasteiger partial charge on any atom is 0.425 e. The number of piperidine rings is 1. The van der Waals surface area contributed by atoms with E-state index in [-0.39, 0.29) is 29.9 Å². The lowest BCUT2D eigenvalue weighted by Gasteiger charge is -2.25. The number of hydrogen-bond donors (Lipinski definition) is 3. The Bertz CT molecular complexity index is 969. The zero-order valence-corrected chi connectivity index (χ0v) is 16.0. The highest BCUT2D eigenvalue weighted by atomic mass is 32.1. The van der Waals surface area contributed by atoms with Gasteiger partial charge in [0, 0.05) is 22.9 Å². The molecule has 1 aromatic carbocycles. The van der Waals surface area contributed by atoms with E-state index in [0.717, 1.165) is 24.6 Å². The maximum atomic E-state index is 14.5. The predicted molar refractivity (Wildman–Crippen MR) is 102 cm³/mol. The van der Waals surface area contributed by atoms with Crippen molar-refractivity contribution >= 4 is 17.2 Å². The summed E-state index contributed by atoms with van der Waals surface area (Å²) in [6.45, 7) is 0. The standard InChI is InChI=1S/C20H19F4N3OS/c21-14-8-11(15-5-6-16(29-15)20(22,23)24)2-1-10(14)9-17(25)27-19(28)18-12-3-4-13(7-12)26-18/h1-2,5-8,12,17-18,26H,3-4,9,25H2,(H,27,28)/t12-,17-,18-/m0/s1. The van der Waals surface area contributed by atoms with Gasteiger partial charge in [-0.3, -0.25) is 4.79 Å². The van der Waals surface area contributed by atoms with E-state index < -0.39 is 23.0 Å². The number of rotatable bonds is 5. The van der Waals surface area contributed by atoms with Crippen LogP contribution in [0.2, 0.25) is 0 Å². The van der Waals surface area contributed by atoms with E-state index in [2.05, 4.69) is 16.7 Å². The Morgan fingerprint density at radius 1 is 1.31 bits per heavy atom. The Labute approximate surface area is 168 Å². The molecule has 0 spiro atoms. The van der Waals surface area contributed by atoms with Gasteiger partial charge >= 0.3 is 6.18 Å². The summed E-state index contributed by atoms with van der Waals surface area (Å²) in [5.74, 6) is -0.625. The Kier molecular flexibility index (Phi) is 5.12. The van der Waals surface area contributed by atoms with Gasteiger partial charge in [-0.05, 0) is 42.2 Å². The molecule has 1 aromatic heterocycles. The molecule has 0 saturated heterocycles. The number of thiophene rings is 1. The third-order valence-corrected chi connectivity index (χ3v) is 6.38. The van der Waals surface area contributed by atoms with Gasteiger partial charge < -0.3 is 16.4 Å². The molecular formula is C20H19F4N3OS. The van der Waals surface area contributed by atoms with Crippen LogP contribution < -0.4 is 16.4 Å². The molecule has 1 aliphatic heterocycles. The summed E-state index contributed by atoms with van der Waals surface area (Å²) < 4.78 is 52.7. The van der Waals surface area contributed by atoms with Gasteiger partial charge in [-0.25, -0.2) is 4.39 Å². The second-order valence-electron chi connectivity index (χ2n) is 7.30. The number of carbonyl (C=O) groups excluding carboxylic acids is 1. The SMILES string of the molecule is N[C@H](Cc1ccc(-c2ccc(C(F)(F)F)s2)cc1F)NC(=O)[C@H]1NC2=C[C@@H]1CC2. The van der Waals surface area contributed by atoms with Crippen LogP contribution in [-0.2, 0) is 17.4 Å². The predicted octanol–water partition coefficient (Wildman–Crippen LogP) is 3.78. The lowest BCUT2D eigenvalue weighted by atomic mass is 9.98. The van der Waals surface area contributed by atoms with Crippen molar-refractivity contribution in [3.05, 3.63) is 58.4 Å². The summed E-state index contributed by atoms with van der Waals surface area (Å²) in [5, 5.41) is 5.85. The van der Waals surface area contributed by atoms with Crippen LogP contribution in [0.25, 0.3) is 10.4 Å². The van der Waals surface area contributed by atoms with Crippen molar-refractivity contribution in [1.29, 1.82) is 0 Å². The molecule has 2 aliphatic rings. The summed E-state index contributed by atoms with van der Waals surface area (Å²) in [4.78, 5) is 12.0. The fourth-order valence-electron chi connectivity index (χ4n) is 3.77. The summed E-state index contributed by atoms with van der Waals surface area (Å²) in [7, 11) is 0. The molecule has 4 nitrogen and oxygen atoms in total. The second-order valence-corrected chi connectivity index (χ2v) is 8.39. The van der Waals surface area contributed by atoms with Crippen LogP contribution in [0.5, 0.6) is 0 Å². The van der Waals surface area contributed by atoms with E-state index in [9.17, 15) is 22.4 Å². The average molecular weight is 425 g/mol. The number of halogens is 4. The van der Waals surface area contributed by atoms with Crippen LogP contribution in [0.1, 0.15) is 23.3 Å². The fourth-order valence-corrected chi connectivity index (χ4v) is 4.64. The Hall–Kier alpha value is -2.39. The Morgan fingerprint density at radius 3 is 2.69 bits per heavy atom. The van der Waals surface area contributed by atoms with E-state index in [0.29, 0.717) is 21.8 Å². The van der Waals surface area contributed by atoms with E-state index in [4.69, 9.17) is 5.73 Å². The van der Waals surface area contributed by atoms with Gasteiger partial charge in [-0.1, -0.05) is 18.2 Å². The van der Waals surface area contributed by atoms with Crippen molar-refractivity contribution in [3.8, 4) is 10.4 Å². The van der Waals surface area contributed by atoms with Crippen LogP contribution in [-0.4, -0.2) is 18.1 Å². The summed E-state index contributed by atoms with van der Waals surface area (Å²) in [6, 6.07) is 6.21. The van der Waals surface area contributed by atoms with Gasteiger partial charge in [0.15, 0.2) is 0 Å². The highest BCUT2D eigenvalue weighted by Crippen LogP contribution is 2.38. The molecule has 2 heterocycles. The molecule has 4 rings (SSSR count). The molecule has 2 aromatic rings. The van der Waals surface area contributed by atoms with Gasteiger partial charge in [0.2, 0.25) is 5.91 Å². The summed E-state index contributed by atoms with van der Waals surface area (Å²) >= 11 is 0.564. The first-order valence-electron chi connectivity index (χ1n) is 9.20. The molecule has 29 heavy (non-hydrogen) atoms. The van der Waals surface area contributed by atoms with Crippen LogP contribution in [0.15, 0.2) is 42.1 Å². The molecule has 3 atom stereocenters. The molecule has 0 fully saturated rings. The van der Waals surface area contributed by atoms with E-state index in [1.807, 2.05) is 0 Å². The number of nitrogens with one attached hydrogen (secondary N) is 2. The number of hydrogen-bond acceptors (Lipinski definition) is 4. The first kappa shape index (κ1) is 19.9. The summed E-state index contributed by atoms with van der Waals surface area (Å²) in [5.41, 5.74) is 7.70. The smallest absolute Gasteiger partial charge is 0.377 e. The van der Waals surface area contributed by atoms with Crippen LogP contribution >= 0.6 is 11.3 Å². The molecule has 9 heteroatoms. The van der Waals surface area contributed by atoms with E-state index >= 15 is 0 Å². The van der Waals surface area contributed by atoms with Crippen molar-refractivity contribution in [3.63, 3.8) is 0 Å². The zero-order valence-electron chi connectivity index (χ0n) is 15.2. The second kappa shape index (κ2) is 7.46. The lowest BCUT2D eigenvalue weighted by molar-refractivity contribution is -0.134. The molecular weight excluding hydrogens is 406 g/mol. The van der Waals surface area contributed by atoms with Gasteiger partial charge in [0.25, 0.3) is 0 Å². The quantitative estimate of drug-likeness (QED) is 0.505. The van der Waals surface area contributed by atoms with Crippen molar-refractivity contribution < 1.29 is 22.4 Å². The zero-order chi connectivity index (χ0) is 20.8. The molecule has 4 N–H and O–H groups in total. The number of benzene rings is 1. The van der Waals surface area contributed by atoms with Crippen molar-refractivity contribution in [2.75, 3.05) is 0 Å². The number of allylic oxidation sites excluding steroid dienone is 1. The van der Waals surface area contributed by atoms with Gasteiger partial charge in [-0.15, -0.1) is 11.3 Å². The minimum atomic E-state index is -4.42. The lowest BCUT2D eigenvalue weighted by Crippen LogP contribution is -2.52. The number of carbonyl (C=O) groups is 1. The first-order chi connectivity index (χ1) is 13.7. The minimum Gasteiger partial charge on any atom is -0.377 e. The number of nitrogens with two attached hydrogens (primary N) is 1. The average Bonchev–Trinajstić information content (AvgIpc) is 3.39. The molecule has 0 saturated carbocycles. The monoisotopic (exact) mass is 425 g/mol. The number of amides is 1. The molecule has 1 amide bonds. The van der Waals surface area contributed by atoms with Crippen LogP contribution in [0.4, 0.5) is 17.6 Å². The summed E-state index contributed by atoms with van der Waals surface area (Å²) in [6.07, 6.45) is -1.17. The van der Waals surface area contributed by atoms with E-state index in [1.165, 1.54) is 18.2 Å². The highest BCUT2D eigenvalue weighted by molar-refractivity contribution is 7.15. The third kappa shape index (κ3) is 4.16. The van der Waals surface area contributed by atoms with Crippen LogP contribution in [0.3, 0.4) is 0 Å². The van der Waals surface area contributed by atoms with Crippen molar-refractivity contribution in [2.24, 2.45) is 11.7 Å². The minimum absolute atomic E-state index is 0.0772. The Balaban J connectivity index is 1.39. The van der Waals surface area contributed by atoms with Gasteiger partial charge in [-0.2, -0.15) is 13.2 Å². The highest BCUT2D eigenvalue weighted by Gasteiger charge is 2.37. The fraction of sp³-hybridized carbons (Fsp3) is 0.350. The molecule has 154 valence electrons. The first-order valence-corrected chi connectivity index (χ1v) is 10.0. The third-order valence-electron chi connectivity index (χ3n) is 5.20. The van der Waals surface area contributed by atoms with Crippen LogP contribution in [0, 0.1) is 11.7 Å². The van der Waals surface area contributed by atoms with Crippen molar-refractivity contribution in [2.45, 2.75) is 37.6 Å². The van der Waals surface area contributed by atoms with Crippen molar-refractivity contribution in [1.82, 2.24) is 10.6 Å². The Morgan fingerprint density at radius 2 is 2.10 bits per heavy atom. The maximum absolute atomic E-state index is 14.5. The molecule has 0 radical (unpaired) electrons. The largest absolute Gasteiger partial charge is 0.425 e. The number of alkyl halides is 3. The van der Waals surface area contributed by atoms with E-state index in [1.54, 1.807) is 6.07 Å². The normalized spacial score (nSPS) is 21.6. The van der Waals surface area contributed by atoms with Gasteiger partial charge in [0.05, 0.1) is 6.17 Å². The number of fused-ring (bicyclic) bond motifs is 1.